The number of imidazole rings is 1. The molecule has 3 nitrogen and oxygen atoms in total. The summed E-state index contributed by atoms with van der Waals surface area (Å²) in [6.07, 6.45) is 5.89. The number of pyridine rings is 1. The highest BCUT2D eigenvalue weighted by atomic mass is 35.5. The standard InChI is InChI=1S/C14H18ClN3.C2H6/c1-4-5-8-18-13(15)11(3)17-14(18)12-9-16-7-6-10(12)2;1-2/h6-7,9H,4-5,8H2,1-3H3;1-2H3. The van der Waals surface area contributed by atoms with Gasteiger partial charge in [-0.05, 0) is 31.9 Å². The summed E-state index contributed by atoms with van der Waals surface area (Å²) in [5.41, 5.74) is 3.11. The summed E-state index contributed by atoms with van der Waals surface area (Å²) in [6.45, 7) is 11.1. The smallest absolute Gasteiger partial charge is 0.143 e. The van der Waals surface area contributed by atoms with Crippen LogP contribution >= 0.6 is 11.6 Å². The SMILES string of the molecule is CC.CCCCn1c(-c2cnccc2C)nc(C)c1Cl. The van der Waals surface area contributed by atoms with Crippen LogP contribution in [0.4, 0.5) is 0 Å². The molecule has 2 rings (SSSR count). The fourth-order valence-corrected chi connectivity index (χ4v) is 2.18. The number of unbranched alkanes of at least 4 members (excludes halogenated alkanes) is 1. The second kappa shape index (κ2) is 8.05. The van der Waals surface area contributed by atoms with Gasteiger partial charge in [0, 0.05) is 24.5 Å². The van der Waals surface area contributed by atoms with Gasteiger partial charge in [-0.2, -0.15) is 0 Å². The van der Waals surface area contributed by atoms with Gasteiger partial charge in [-0.3, -0.25) is 4.98 Å². The second-order valence-electron chi connectivity index (χ2n) is 4.51. The Morgan fingerprint density at radius 1 is 1.25 bits per heavy atom. The lowest BCUT2D eigenvalue weighted by atomic mass is 10.1. The molecule has 20 heavy (non-hydrogen) atoms. The Kier molecular flexibility index (Phi) is 6.73. The van der Waals surface area contributed by atoms with Crippen molar-refractivity contribution in [1.29, 1.82) is 0 Å². The minimum Gasteiger partial charge on any atom is -0.315 e. The first kappa shape index (κ1) is 16.7. The van der Waals surface area contributed by atoms with Crippen LogP contribution in [0.5, 0.6) is 0 Å². The van der Waals surface area contributed by atoms with Crippen molar-refractivity contribution < 1.29 is 0 Å². The van der Waals surface area contributed by atoms with Crippen LogP contribution in [0, 0.1) is 13.8 Å². The number of nitrogens with zero attached hydrogens (tertiary/aromatic N) is 3. The maximum absolute atomic E-state index is 6.33. The summed E-state index contributed by atoms with van der Waals surface area (Å²) in [6, 6.07) is 2.00. The minimum atomic E-state index is 0.738. The summed E-state index contributed by atoms with van der Waals surface area (Å²) in [4.78, 5) is 8.77. The molecule has 0 saturated carbocycles. The van der Waals surface area contributed by atoms with E-state index in [1.54, 1.807) is 6.20 Å². The molecule has 2 aromatic rings. The van der Waals surface area contributed by atoms with Crippen LogP contribution in [0.3, 0.4) is 0 Å². The van der Waals surface area contributed by atoms with Crippen molar-refractivity contribution in [3.63, 3.8) is 0 Å². The summed E-state index contributed by atoms with van der Waals surface area (Å²) in [5, 5.41) is 0.738. The molecule has 0 aromatic carbocycles. The number of aryl methyl sites for hydroxylation is 2. The number of aromatic nitrogens is 3. The van der Waals surface area contributed by atoms with E-state index < -0.39 is 0 Å². The minimum absolute atomic E-state index is 0.738. The largest absolute Gasteiger partial charge is 0.315 e. The molecule has 0 saturated heterocycles. The lowest BCUT2D eigenvalue weighted by molar-refractivity contribution is 0.637. The Hall–Kier alpha value is -1.35. The van der Waals surface area contributed by atoms with Crippen molar-refractivity contribution in [3.05, 3.63) is 34.9 Å². The first-order valence-corrected chi connectivity index (χ1v) is 7.66. The first-order chi connectivity index (χ1) is 9.65. The van der Waals surface area contributed by atoms with E-state index in [0.717, 1.165) is 41.6 Å². The molecule has 2 heterocycles. The highest BCUT2D eigenvalue weighted by Gasteiger charge is 2.15. The molecule has 0 fully saturated rings. The fraction of sp³-hybridized carbons (Fsp3) is 0.500. The molecule has 0 N–H and O–H groups in total. The molecule has 0 radical (unpaired) electrons. The van der Waals surface area contributed by atoms with Crippen molar-refractivity contribution in [1.82, 2.24) is 14.5 Å². The summed E-state index contributed by atoms with van der Waals surface area (Å²) >= 11 is 6.33. The lowest BCUT2D eigenvalue weighted by Gasteiger charge is -2.09. The van der Waals surface area contributed by atoms with Crippen LogP contribution in [0.1, 0.15) is 44.9 Å². The Morgan fingerprint density at radius 3 is 2.55 bits per heavy atom. The second-order valence-corrected chi connectivity index (χ2v) is 4.87. The predicted octanol–water partition coefficient (Wildman–Crippen LogP) is 5.04. The third-order valence-corrected chi connectivity index (χ3v) is 3.56. The van der Waals surface area contributed by atoms with Crippen LogP contribution in [0.25, 0.3) is 11.4 Å². The van der Waals surface area contributed by atoms with Crippen LogP contribution < -0.4 is 0 Å². The van der Waals surface area contributed by atoms with Gasteiger partial charge in [-0.25, -0.2) is 4.98 Å². The molecule has 110 valence electrons. The third kappa shape index (κ3) is 3.60. The van der Waals surface area contributed by atoms with Crippen LogP contribution in [0.15, 0.2) is 18.5 Å². The number of hydrogen-bond acceptors (Lipinski definition) is 2. The van der Waals surface area contributed by atoms with E-state index in [2.05, 4.69) is 28.4 Å². The average Bonchev–Trinajstić information content (AvgIpc) is 2.75. The normalized spacial score (nSPS) is 10.1. The van der Waals surface area contributed by atoms with Crippen molar-refractivity contribution in [2.24, 2.45) is 0 Å². The molecule has 0 unspecified atom stereocenters. The maximum atomic E-state index is 6.33. The fourth-order valence-electron chi connectivity index (χ4n) is 1.98. The quantitative estimate of drug-likeness (QED) is 0.790. The summed E-state index contributed by atoms with van der Waals surface area (Å²) < 4.78 is 2.09. The molecule has 0 spiro atoms. The van der Waals surface area contributed by atoms with E-state index in [1.165, 1.54) is 5.56 Å². The molecule has 4 heteroatoms. The Bertz CT molecular complexity index is 547. The van der Waals surface area contributed by atoms with Crippen LogP contribution in [-0.2, 0) is 6.54 Å². The van der Waals surface area contributed by atoms with E-state index in [1.807, 2.05) is 33.0 Å². The van der Waals surface area contributed by atoms with Gasteiger partial charge in [0.2, 0.25) is 0 Å². The van der Waals surface area contributed by atoms with Gasteiger partial charge < -0.3 is 4.57 Å². The topological polar surface area (TPSA) is 30.7 Å². The summed E-state index contributed by atoms with van der Waals surface area (Å²) in [7, 11) is 0. The van der Waals surface area contributed by atoms with Crippen molar-refractivity contribution in [2.45, 2.75) is 54.0 Å². The first-order valence-electron chi connectivity index (χ1n) is 7.28. The van der Waals surface area contributed by atoms with Gasteiger partial charge in [-0.15, -0.1) is 0 Å². The van der Waals surface area contributed by atoms with Gasteiger partial charge >= 0.3 is 0 Å². The van der Waals surface area contributed by atoms with Gasteiger partial charge in [0.15, 0.2) is 0 Å². The van der Waals surface area contributed by atoms with Crippen LogP contribution in [-0.4, -0.2) is 14.5 Å². The highest BCUT2D eigenvalue weighted by Crippen LogP contribution is 2.27. The van der Waals surface area contributed by atoms with Crippen molar-refractivity contribution in [3.8, 4) is 11.4 Å². The van der Waals surface area contributed by atoms with Crippen LogP contribution in [0.2, 0.25) is 5.15 Å². The van der Waals surface area contributed by atoms with Gasteiger partial charge in [-0.1, -0.05) is 38.8 Å². The molecule has 0 bridgehead atoms. The monoisotopic (exact) mass is 293 g/mol. The molecule has 2 aromatic heterocycles. The summed E-state index contributed by atoms with van der Waals surface area (Å²) in [5.74, 6) is 0.927. The third-order valence-electron chi connectivity index (χ3n) is 3.08. The number of halogens is 1. The van der Waals surface area contributed by atoms with E-state index >= 15 is 0 Å². The zero-order valence-electron chi connectivity index (χ0n) is 13.1. The Morgan fingerprint density at radius 2 is 1.95 bits per heavy atom. The number of rotatable bonds is 4. The van der Waals surface area contributed by atoms with E-state index in [9.17, 15) is 0 Å². The van der Waals surface area contributed by atoms with E-state index in [0.29, 0.717) is 0 Å². The molecule has 0 aliphatic heterocycles. The maximum Gasteiger partial charge on any atom is 0.143 e. The molecule has 0 aliphatic rings. The van der Waals surface area contributed by atoms with Gasteiger partial charge in [0.25, 0.3) is 0 Å². The average molecular weight is 294 g/mol. The lowest BCUT2D eigenvalue weighted by Crippen LogP contribution is -2.02. The molecule has 0 aliphatic carbocycles. The Balaban J connectivity index is 0.000000956. The molecule has 0 amide bonds. The predicted molar refractivity (Wildman–Crippen MR) is 86.2 cm³/mol. The van der Waals surface area contributed by atoms with E-state index in [-0.39, 0.29) is 0 Å². The van der Waals surface area contributed by atoms with E-state index in [4.69, 9.17) is 11.6 Å². The highest BCUT2D eigenvalue weighted by molar-refractivity contribution is 6.30. The molecular weight excluding hydrogens is 270 g/mol. The van der Waals surface area contributed by atoms with Gasteiger partial charge in [0.1, 0.15) is 11.0 Å². The number of hydrogen-bond donors (Lipinski definition) is 0. The van der Waals surface area contributed by atoms with Crippen molar-refractivity contribution >= 4 is 11.6 Å². The zero-order valence-corrected chi connectivity index (χ0v) is 13.8. The molecular formula is C16H24ClN3. The molecule has 0 atom stereocenters. The van der Waals surface area contributed by atoms with Crippen molar-refractivity contribution in [2.75, 3.05) is 0 Å². The Labute approximate surface area is 127 Å². The van der Waals surface area contributed by atoms with Gasteiger partial charge in [0.05, 0.1) is 5.69 Å². The zero-order chi connectivity index (χ0) is 15.1.